The van der Waals surface area contributed by atoms with E-state index in [2.05, 4.69) is 33.0 Å². The molecule has 0 aromatic heterocycles. The molecular weight excluding hydrogens is 1260 g/mol. The average molecular weight is 1330 g/mol. The number of morpholine rings is 2. The van der Waals surface area contributed by atoms with Crippen molar-refractivity contribution in [3.05, 3.63) is 270 Å². The Morgan fingerprint density at radius 1 is 0.527 bits per heavy atom. The number of cyclic esters (lactones) is 2. The van der Waals surface area contributed by atoms with Gasteiger partial charge >= 0.3 is 11.9 Å². The third kappa shape index (κ3) is 13.3. The molecule has 0 bridgehead atoms. The van der Waals surface area contributed by atoms with E-state index in [1.165, 1.54) is 24.6 Å². The van der Waals surface area contributed by atoms with Crippen LogP contribution in [0.1, 0.15) is 154 Å². The first kappa shape index (κ1) is 67.9. The van der Waals surface area contributed by atoms with Crippen LogP contribution in [-0.4, -0.2) is 52.6 Å². The largest absolute Gasteiger partial charge is 0.454 e. The van der Waals surface area contributed by atoms with Crippen LogP contribution in [0.25, 0.3) is 11.6 Å². The minimum Gasteiger partial charge on any atom is -0.454 e. The number of ketones is 1. The van der Waals surface area contributed by atoms with Crippen molar-refractivity contribution < 1.29 is 42.2 Å². The van der Waals surface area contributed by atoms with Crippen LogP contribution >= 0.6 is 46.4 Å². The molecule has 7 aliphatic rings. The fourth-order valence-electron chi connectivity index (χ4n) is 14.6. The third-order valence-corrected chi connectivity index (χ3v) is 19.5. The standard InChI is InChI=1S/C37H31Cl2FN2O3.C16H15NO2.C15H8Cl2FNO.C6H10O.2CH4/c38-24-17-18-26-28(21-24)41-35(44)37(26)29(25-15-10-16-27(39)30(25)40)32-34(43)45-33(23-13-6-2-7-14-23)31(22-11-4-1-5-12-22)42(32)36(37)19-8-3-9-20-36;18-14-11-17-15(12-7-3-1-4-8-12)16(19-14)13-9-5-2-6-10-13;16-9-4-5-10-11(15(20)19-13(10)7-9)6-8-2-1-3-12(17)14(8)18;7-6-4-2-1-3-5-6;;/h1-2,4-7,10-18,21,29,31-33H,3,8-9,19-20H2,(H,41,44);1-10,15-17H,11H2;1-7H,(H,19,20);1-5H2;2*1H4/b;;11-6+;;;/t29-,31+,32+,33-,37-;15-,16+;;;;/m01..../s1. The summed E-state index contributed by atoms with van der Waals surface area (Å²) in [4.78, 5) is 65.9. The van der Waals surface area contributed by atoms with Crippen molar-refractivity contribution in [3.8, 4) is 0 Å². The van der Waals surface area contributed by atoms with Crippen molar-refractivity contribution >= 4 is 99.0 Å². The molecular formula is C76H72Cl4F2N4O7. The lowest BCUT2D eigenvalue weighted by molar-refractivity contribution is -0.183. The molecule has 5 fully saturated rings. The highest BCUT2D eigenvalue weighted by Crippen LogP contribution is 2.70. The Hall–Kier alpha value is -8.01. The van der Waals surface area contributed by atoms with Crippen LogP contribution in [0.5, 0.6) is 0 Å². The highest BCUT2D eigenvalue weighted by Gasteiger charge is 2.78. The zero-order valence-corrected chi connectivity index (χ0v) is 52.4. The average Bonchev–Trinajstić information content (AvgIpc) is 1.49. The number of carbonyl (C=O) groups excluding carboxylic acids is 5. The zero-order chi connectivity index (χ0) is 63.4. The second kappa shape index (κ2) is 29.5. The van der Waals surface area contributed by atoms with E-state index in [4.69, 9.17) is 55.9 Å². The lowest BCUT2D eigenvalue weighted by atomic mass is 9.55. The minimum absolute atomic E-state index is 0. The third-order valence-electron chi connectivity index (χ3n) is 18.4. The first-order valence-corrected chi connectivity index (χ1v) is 32.2. The summed E-state index contributed by atoms with van der Waals surface area (Å²) in [6.07, 6.45) is 9.82. The van der Waals surface area contributed by atoms with Crippen LogP contribution < -0.4 is 16.0 Å². The molecule has 0 unspecified atom stereocenters. The minimum atomic E-state index is -1.33. The molecule has 3 saturated heterocycles. The molecule has 2 amide bonds. The maximum Gasteiger partial charge on any atom is 0.324 e. The van der Waals surface area contributed by atoms with Gasteiger partial charge in [-0.3, -0.25) is 34.2 Å². The van der Waals surface area contributed by atoms with Crippen molar-refractivity contribution in [1.29, 1.82) is 0 Å². The highest BCUT2D eigenvalue weighted by molar-refractivity contribution is 6.37. The van der Waals surface area contributed by atoms with Gasteiger partial charge in [0.25, 0.3) is 5.91 Å². The van der Waals surface area contributed by atoms with E-state index >= 15 is 4.39 Å². The number of nitrogens with zero attached hydrogens (tertiary/aromatic N) is 1. The van der Waals surface area contributed by atoms with E-state index in [-0.39, 0.29) is 72.5 Å². The summed E-state index contributed by atoms with van der Waals surface area (Å²) < 4.78 is 42.3. The summed E-state index contributed by atoms with van der Waals surface area (Å²) >= 11 is 24.5. The number of amides is 2. The van der Waals surface area contributed by atoms with Crippen LogP contribution in [0.2, 0.25) is 20.1 Å². The number of fused-ring (bicyclic) bond motifs is 6. The van der Waals surface area contributed by atoms with E-state index in [0.717, 1.165) is 72.8 Å². The number of carbonyl (C=O) groups is 5. The quantitative estimate of drug-likeness (QED) is 0.110. The molecule has 11 nitrogen and oxygen atoms in total. The molecule has 93 heavy (non-hydrogen) atoms. The number of rotatable bonds is 6. The van der Waals surface area contributed by atoms with E-state index in [1.807, 2.05) is 115 Å². The number of nitrogens with one attached hydrogen (secondary N) is 3. The van der Waals surface area contributed by atoms with Gasteiger partial charge in [0, 0.05) is 56.7 Å². The van der Waals surface area contributed by atoms with Gasteiger partial charge in [0.2, 0.25) is 5.91 Å². The van der Waals surface area contributed by atoms with Crippen LogP contribution in [0, 0.1) is 11.6 Å². The number of esters is 2. The van der Waals surface area contributed by atoms with Gasteiger partial charge in [-0.25, -0.2) is 8.78 Å². The number of hydrogen-bond acceptors (Lipinski definition) is 9. The van der Waals surface area contributed by atoms with Gasteiger partial charge in [0.05, 0.1) is 34.4 Å². The van der Waals surface area contributed by atoms with E-state index in [9.17, 15) is 28.4 Å². The maximum absolute atomic E-state index is 16.4. The number of halogens is 6. The van der Waals surface area contributed by atoms with Gasteiger partial charge < -0.3 is 20.1 Å². The topological polar surface area (TPSA) is 143 Å². The molecule has 8 aromatic carbocycles. The van der Waals surface area contributed by atoms with E-state index in [1.54, 1.807) is 54.6 Å². The molecule has 480 valence electrons. The smallest absolute Gasteiger partial charge is 0.324 e. The van der Waals surface area contributed by atoms with Crippen molar-refractivity contribution in [2.75, 3.05) is 17.2 Å². The van der Waals surface area contributed by atoms with Crippen LogP contribution in [0.3, 0.4) is 0 Å². The summed E-state index contributed by atoms with van der Waals surface area (Å²) in [5.41, 5.74) is 5.30. The molecule has 7 atom stereocenters. The maximum atomic E-state index is 16.4. The summed E-state index contributed by atoms with van der Waals surface area (Å²) in [6.45, 7) is 0.253. The van der Waals surface area contributed by atoms with Crippen LogP contribution in [-0.2, 0) is 38.9 Å². The zero-order valence-electron chi connectivity index (χ0n) is 49.4. The van der Waals surface area contributed by atoms with Crippen LogP contribution in [0.4, 0.5) is 20.2 Å². The summed E-state index contributed by atoms with van der Waals surface area (Å²) in [6, 6.07) is 58.3. The lowest BCUT2D eigenvalue weighted by Crippen LogP contribution is -2.63. The molecule has 17 heteroatoms. The van der Waals surface area contributed by atoms with Gasteiger partial charge in [-0.1, -0.05) is 245 Å². The molecule has 2 aliphatic carbocycles. The first-order chi connectivity index (χ1) is 44.2. The number of benzene rings is 8. The molecule has 0 radical (unpaired) electrons. The molecule has 2 spiro atoms. The predicted octanol–water partition coefficient (Wildman–Crippen LogP) is 18.6. The van der Waals surface area contributed by atoms with Gasteiger partial charge in [-0.15, -0.1) is 0 Å². The molecule has 3 N–H and O–H groups in total. The number of ether oxygens (including phenoxy) is 2. The van der Waals surface area contributed by atoms with Gasteiger partial charge in [-0.2, -0.15) is 0 Å². The van der Waals surface area contributed by atoms with Crippen LogP contribution in [0.15, 0.2) is 194 Å². The van der Waals surface area contributed by atoms with Gasteiger partial charge in [0.1, 0.15) is 41.1 Å². The molecule has 5 heterocycles. The first-order valence-electron chi connectivity index (χ1n) is 30.6. The Labute approximate surface area is 561 Å². The molecule has 5 aliphatic heterocycles. The van der Waals surface area contributed by atoms with E-state index in [0.29, 0.717) is 51.2 Å². The summed E-state index contributed by atoms with van der Waals surface area (Å²) in [5, 5.41) is 10.1. The number of anilines is 2. The molecule has 2 saturated carbocycles. The number of Topliss-reactive ketones (excluding diaryl/α,β-unsaturated/α-hetero) is 1. The van der Waals surface area contributed by atoms with Gasteiger partial charge in [-0.05, 0) is 102 Å². The van der Waals surface area contributed by atoms with E-state index < -0.39 is 52.7 Å². The van der Waals surface area contributed by atoms with Crippen molar-refractivity contribution in [3.63, 3.8) is 0 Å². The lowest BCUT2D eigenvalue weighted by Gasteiger charge is -2.55. The van der Waals surface area contributed by atoms with Crippen molar-refractivity contribution in [2.24, 2.45) is 0 Å². The summed E-state index contributed by atoms with van der Waals surface area (Å²) in [7, 11) is 0. The normalized spacial score (nSPS) is 23.5. The molecule has 15 rings (SSSR count). The second-order valence-corrected chi connectivity index (χ2v) is 25.4. The second-order valence-electron chi connectivity index (χ2n) is 23.7. The summed E-state index contributed by atoms with van der Waals surface area (Å²) in [5.74, 6) is -2.85. The van der Waals surface area contributed by atoms with Gasteiger partial charge in [0.15, 0.2) is 0 Å². The Morgan fingerprint density at radius 3 is 1.69 bits per heavy atom. The monoisotopic (exact) mass is 1330 g/mol. The Morgan fingerprint density at radius 2 is 1.08 bits per heavy atom. The molecule has 8 aromatic rings. The Balaban J connectivity index is 0.000000162. The number of hydrogen-bond donors (Lipinski definition) is 3. The highest BCUT2D eigenvalue weighted by atomic mass is 35.5. The Bertz CT molecular complexity index is 4060. The van der Waals surface area contributed by atoms with Crippen molar-refractivity contribution in [1.82, 2.24) is 10.2 Å². The SMILES string of the molecule is C.C.O=C1CCCCC1.O=C1CN[C@H](c2ccccc2)[C@H](c2ccccc2)O1.O=C1Nc2cc(Cl)ccc2/C1=C\c1cccc(Cl)c1F.O=C1O[C@@H](c2ccccc2)[C@@H](c2ccccc2)N2[C@@H]1[C@H](c1cccc(Cl)c1F)[C@@]1(C(=O)Nc3cc(Cl)ccc31)C21CCCCC1. The predicted molar refractivity (Wildman–Crippen MR) is 365 cm³/mol. The van der Waals surface area contributed by atoms with Crippen molar-refractivity contribution in [2.45, 2.75) is 126 Å². The fourth-order valence-corrected chi connectivity index (χ4v) is 15.3. The Kier molecular flexibility index (Phi) is 21.5. The fraction of sp³-hybridized carbons (Fsp3) is 0.276.